The van der Waals surface area contributed by atoms with E-state index in [4.69, 9.17) is 4.74 Å². The average Bonchev–Trinajstić information content (AvgIpc) is 3.27. The van der Waals surface area contributed by atoms with Gasteiger partial charge in [0.25, 0.3) is 5.91 Å². The van der Waals surface area contributed by atoms with Crippen molar-refractivity contribution in [3.8, 4) is 28.3 Å². The highest BCUT2D eigenvalue weighted by Crippen LogP contribution is 2.26. The Bertz CT molecular complexity index is 1120. The second-order valence-electron chi connectivity index (χ2n) is 7.41. The van der Waals surface area contributed by atoms with Gasteiger partial charge in [-0.05, 0) is 67.3 Å². The van der Waals surface area contributed by atoms with E-state index in [0.717, 1.165) is 30.6 Å². The monoisotopic (exact) mass is 405 g/mol. The number of aromatic nitrogens is 2. The van der Waals surface area contributed by atoms with E-state index in [1.54, 1.807) is 55.5 Å². The lowest BCUT2D eigenvalue weighted by Gasteiger charge is -2.11. The molecule has 0 radical (unpaired) electrons. The van der Waals surface area contributed by atoms with E-state index in [2.05, 4.69) is 15.3 Å². The van der Waals surface area contributed by atoms with Gasteiger partial charge in [-0.25, -0.2) is 4.79 Å². The molecule has 1 aliphatic heterocycles. The zero-order valence-electron chi connectivity index (χ0n) is 16.6. The zero-order chi connectivity index (χ0) is 21.1. The normalized spacial score (nSPS) is 15.8. The summed E-state index contributed by atoms with van der Waals surface area (Å²) in [4.78, 5) is 31.2. The van der Waals surface area contributed by atoms with E-state index < -0.39 is 5.69 Å². The van der Waals surface area contributed by atoms with Crippen LogP contribution in [-0.2, 0) is 4.74 Å². The largest absolute Gasteiger partial charge is 0.508 e. The van der Waals surface area contributed by atoms with Gasteiger partial charge >= 0.3 is 5.69 Å². The van der Waals surface area contributed by atoms with Gasteiger partial charge in [-0.2, -0.15) is 4.98 Å². The summed E-state index contributed by atoms with van der Waals surface area (Å²) in [6.45, 7) is 3.05. The number of aryl methyl sites for hydroxylation is 1. The number of ether oxygens (including phenoxy) is 1. The van der Waals surface area contributed by atoms with Gasteiger partial charge in [-0.15, -0.1) is 0 Å². The van der Waals surface area contributed by atoms with Gasteiger partial charge < -0.3 is 20.1 Å². The van der Waals surface area contributed by atoms with Crippen molar-refractivity contribution in [2.24, 2.45) is 0 Å². The number of H-pyrrole nitrogens is 1. The second-order valence-corrected chi connectivity index (χ2v) is 7.41. The molecular weight excluding hydrogens is 382 g/mol. The van der Waals surface area contributed by atoms with Crippen LogP contribution < -0.4 is 11.0 Å². The molecule has 3 aromatic rings. The van der Waals surface area contributed by atoms with Gasteiger partial charge in [0.05, 0.1) is 17.5 Å². The summed E-state index contributed by atoms with van der Waals surface area (Å²) in [6, 6.07) is 13.9. The van der Waals surface area contributed by atoms with Crippen LogP contribution >= 0.6 is 0 Å². The fourth-order valence-electron chi connectivity index (χ4n) is 3.49. The lowest BCUT2D eigenvalue weighted by atomic mass is 10.0. The summed E-state index contributed by atoms with van der Waals surface area (Å²) >= 11 is 0. The van der Waals surface area contributed by atoms with Crippen molar-refractivity contribution in [2.45, 2.75) is 25.9 Å². The number of nitrogens with zero attached hydrogens (tertiary/aromatic N) is 1. The Morgan fingerprint density at radius 3 is 2.67 bits per heavy atom. The molecule has 4 rings (SSSR count). The third-order valence-electron chi connectivity index (χ3n) is 5.21. The molecule has 1 unspecified atom stereocenters. The minimum atomic E-state index is -0.466. The third-order valence-corrected chi connectivity index (χ3v) is 5.21. The number of phenolic OH excluding ortho intramolecular Hbond substituents is 1. The van der Waals surface area contributed by atoms with Gasteiger partial charge in [0.15, 0.2) is 0 Å². The molecule has 1 atom stereocenters. The Labute approximate surface area is 173 Å². The van der Waals surface area contributed by atoms with Crippen LogP contribution in [-0.4, -0.2) is 40.2 Å². The van der Waals surface area contributed by atoms with E-state index in [1.165, 1.54) is 0 Å². The quantitative estimate of drug-likeness (QED) is 0.605. The van der Waals surface area contributed by atoms with Crippen molar-refractivity contribution in [2.75, 3.05) is 13.2 Å². The minimum absolute atomic E-state index is 0.0945. The number of carbonyl (C=O) groups excluding carboxylic acids is 1. The molecule has 30 heavy (non-hydrogen) atoms. The number of amides is 1. The van der Waals surface area contributed by atoms with Crippen molar-refractivity contribution < 1.29 is 14.6 Å². The fraction of sp³-hybridized carbons (Fsp3) is 0.261. The molecule has 0 bridgehead atoms. The highest BCUT2D eigenvalue weighted by molar-refractivity contribution is 5.94. The maximum absolute atomic E-state index is 12.3. The third kappa shape index (κ3) is 4.41. The minimum Gasteiger partial charge on any atom is -0.508 e. The van der Waals surface area contributed by atoms with Gasteiger partial charge in [-0.1, -0.05) is 12.1 Å². The predicted octanol–water partition coefficient (Wildman–Crippen LogP) is 3.03. The Morgan fingerprint density at radius 1 is 1.20 bits per heavy atom. The van der Waals surface area contributed by atoms with E-state index in [9.17, 15) is 14.7 Å². The number of aromatic amines is 1. The first-order chi connectivity index (χ1) is 14.5. The highest BCUT2D eigenvalue weighted by atomic mass is 16.5. The van der Waals surface area contributed by atoms with Gasteiger partial charge in [0.1, 0.15) is 5.75 Å². The molecule has 2 aromatic carbocycles. The van der Waals surface area contributed by atoms with Crippen molar-refractivity contribution in [3.63, 3.8) is 0 Å². The molecule has 1 fully saturated rings. The predicted molar refractivity (Wildman–Crippen MR) is 113 cm³/mol. The smallest absolute Gasteiger partial charge is 0.345 e. The van der Waals surface area contributed by atoms with Crippen molar-refractivity contribution >= 4 is 5.91 Å². The molecule has 1 amide bonds. The molecular formula is C23H23N3O4. The number of nitrogens with one attached hydrogen (secondary N) is 2. The molecule has 0 saturated carbocycles. The maximum Gasteiger partial charge on any atom is 0.345 e. The highest BCUT2D eigenvalue weighted by Gasteiger charge is 2.16. The lowest BCUT2D eigenvalue weighted by Crippen LogP contribution is -2.31. The molecule has 1 aliphatic rings. The van der Waals surface area contributed by atoms with Gasteiger partial charge in [0.2, 0.25) is 0 Å². The molecule has 0 aliphatic carbocycles. The molecule has 7 heteroatoms. The van der Waals surface area contributed by atoms with Crippen molar-refractivity contribution in [1.29, 1.82) is 0 Å². The summed E-state index contributed by atoms with van der Waals surface area (Å²) in [5, 5.41) is 12.6. The van der Waals surface area contributed by atoms with Crippen LogP contribution in [0.3, 0.4) is 0 Å². The summed E-state index contributed by atoms with van der Waals surface area (Å²) < 4.78 is 5.52. The Morgan fingerprint density at radius 2 is 1.97 bits per heavy atom. The maximum atomic E-state index is 12.3. The Kier molecular flexibility index (Phi) is 5.63. The average molecular weight is 405 g/mol. The number of carbonyl (C=O) groups is 1. The standard InChI is InChI=1S/C23H23N3O4/c1-14-11-17(8-9-21(14)27)20-12-19(25-23(29)26-20)15-4-6-16(7-5-15)22(28)24-13-18-3-2-10-30-18/h4-9,11-12,18,27H,2-3,10,13H2,1H3,(H,24,28)(H,25,26,29). The van der Waals surface area contributed by atoms with Gasteiger partial charge in [0, 0.05) is 24.3 Å². The summed E-state index contributed by atoms with van der Waals surface area (Å²) in [7, 11) is 0. The van der Waals surface area contributed by atoms with E-state index >= 15 is 0 Å². The van der Waals surface area contributed by atoms with Crippen molar-refractivity contribution in [1.82, 2.24) is 15.3 Å². The first kappa shape index (κ1) is 19.8. The SMILES string of the molecule is Cc1cc(-c2cc(-c3ccc(C(=O)NCC4CCCO4)cc3)[nH]c(=O)n2)ccc1O. The van der Waals surface area contributed by atoms with Crippen LogP contribution in [0.25, 0.3) is 22.5 Å². The van der Waals surface area contributed by atoms with E-state index in [0.29, 0.717) is 29.1 Å². The first-order valence-corrected chi connectivity index (χ1v) is 9.91. The molecule has 1 aromatic heterocycles. The van der Waals surface area contributed by atoms with Crippen LogP contribution in [0.15, 0.2) is 53.3 Å². The Hall–Kier alpha value is -3.45. The van der Waals surface area contributed by atoms with E-state index in [-0.39, 0.29) is 17.8 Å². The molecule has 7 nitrogen and oxygen atoms in total. The molecule has 154 valence electrons. The summed E-state index contributed by atoms with van der Waals surface area (Å²) in [5.41, 5.74) is 3.39. The number of hydrogen-bond donors (Lipinski definition) is 3. The second kappa shape index (κ2) is 8.51. The van der Waals surface area contributed by atoms with Gasteiger partial charge in [-0.3, -0.25) is 4.79 Å². The number of aromatic hydroxyl groups is 1. The molecule has 2 heterocycles. The van der Waals surface area contributed by atoms with E-state index in [1.807, 2.05) is 0 Å². The van der Waals surface area contributed by atoms with Crippen LogP contribution in [0.2, 0.25) is 0 Å². The summed E-state index contributed by atoms with van der Waals surface area (Å²) in [5.74, 6) is 0.0395. The molecule has 0 spiro atoms. The number of rotatable bonds is 5. The topological polar surface area (TPSA) is 104 Å². The van der Waals surface area contributed by atoms with Crippen LogP contribution in [0.5, 0.6) is 5.75 Å². The zero-order valence-corrected chi connectivity index (χ0v) is 16.6. The first-order valence-electron chi connectivity index (χ1n) is 9.91. The molecule has 3 N–H and O–H groups in total. The van der Waals surface area contributed by atoms with Crippen LogP contribution in [0, 0.1) is 6.92 Å². The lowest BCUT2D eigenvalue weighted by molar-refractivity contribution is 0.0858. The fourth-order valence-corrected chi connectivity index (χ4v) is 3.49. The number of benzene rings is 2. The van der Waals surface area contributed by atoms with Crippen molar-refractivity contribution in [3.05, 3.63) is 70.1 Å². The molecule has 1 saturated heterocycles. The Balaban J connectivity index is 1.53. The number of phenols is 1. The summed E-state index contributed by atoms with van der Waals surface area (Å²) in [6.07, 6.45) is 2.10. The van der Waals surface area contributed by atoms with Crippen LogP contribution in [0.4, 0.5) is 0 Å². The number of hydrogen-bond acceptors (Lipinski definition) is 5. The van der Waals surface area contributed by atoms with Crippen LogP contribution in [0.1, 0.15) is 28.8 Å².